The van der Waals surface area contributed by atoms with Crippen molar-refractivity contribution in [1.82, 2.24) is 0 Å². The fourth-order valence-corrected chi connectivity index (χ4v) is 2.44. The number of benzene rings is 2. The Hall–Kier alpha value is -2.08. The highest BCUT2D eigenvalue weighted by atomic mass is 14.1. The molecule has 0 spiro atoms. The van der Waals surface area contributed by atoms with Crippen LogP contribution >= 0.6 is 0 Å². The van der Waals surface area contributed by atoms with Crippen LogP contribution in [0, 0.1) is 0 Å². The lowest BCUT2D eigenvalue weighted by Crippen LogP contribution is -1.92. The van der Waals surface area contributed by atoms with Gasteiger partial charge in [0.25, 0.3) is 0 Å². The van der Waals surface area contributed by atoms with Crippen molar-refractivity contribution >= 4 is 6.08 Å². The zero-order chi connectivity index (χ0) is 14.5. The minimum Gasteiger partial charge on any atom is -0.0998 e. The molecule has 0 aliphatic heterocycles. The summed E-state index contributed by atoms with van der Waals surface area (Å²) in [6.07, 6.45) is 3.17. The van der Waals surface area contributed by atoms with Gasteiger partial charge in [0.2, 0.25) is 0 Å². The van der Waals surface area contributed by atoms with Crippen LogP contribution in [0.15, 0.2) is 66.3 Å². The number of allylic oxidation sites excluding steroid dienone is 2. The van der Waals surface area contributed by atoms with E-state index in [1.807, 2.05) is 0 Å². The lowest BCUT2D eigenvalue weighted by molar-refractivity contribution is 1.16. The lowest BCUT2D eigenvalue weighted by atomic mass is 9.92. The van der Waals surface area contributed by atoms with E-state index < -0.39 is 0 Å². The molecule has 102 valence electrons. The van der Waals surface area contributed by atoms with Gasteiger partial charge in [0.15, 0.2) is 0 Å². The molecule has 0 heterocycles. The molecule has 0 unspecified atom stereocenters. The van der Waals surface area contributed by atoms with Gasteiger partial charge in [-0.25, -0.2) is 0 Å². The quantitative estimate of drug-likeness (QED) is 0.602. The van der Waals surface area contributed by atoms with E-state index in [4.69, 9.17) is 0 Å². The monoisotopic (exact) mass is 262 g/mol. The molecule has 20 heavy (non-hydrogen) atoms. The average Bonchev–Trinajstić information content (AvgIpc) is 2.39. The minimum atomic E-state index is 0.930. The Morgan fingerprint density at radius 1 is 0.900 bits per heavy atom. The van der Waals surface area contributed by atoms with Crippen LogP contribution in [-0.4, -0.2) is 0 Å². The van der Waals surface area contributed by atoms with Crippen molar-refractivity contribution in [2.45, 2.75) is 27.2 Å². The number of hydrogen-bond donors (Lipinski definition) is 0. The van der Waals surface area contributed by atoms with Gasteiger partial charge in [0, 0.05) is 0 Å². The summed E-state index contributed by atoms with van der Waals surface area (Å²) in [6.45, 7) is 10.4. The first-order valence-electron chi connectivity index (χ1n) is 7.04. The van der Waals surface area contributed by atoms with Crippen molar-refractivity contribution < 1.29 is 0 Å². The first kappa shape index (κ1) is 14.3. The number of rotatable bonds is 4. The summed E-state index contributed by atoms with van der Waals surface area (Å²) in [5.74, 6) is 0. The Balaban J connectivity index is 2.57. The maximum atomic E-state index is 4.04. The van der Waals surface area contributed by atoms with Gasteiger partial charge in [-0.15, -0.1) is 0 Å². The van der Waals surface area contributed by atoms with Gasteiger partial charge in [-0.2, -0.15) is 0 Å². The van der Waals surface area contributed by atoms with Crippen LogP contribution < -0.4 is 0 Å². The standard InChI is InChI=1S/C20H22/c1-15(2)13-17-9-5-7-11-19(17)20-12-8-6-10-18(20)14-16(3)4/h5-12,14H,1,13H2,2-4H3. The van der Waals surface area contributed by atoms with Crippen molar-refractivity contribution in [3.8, 4) is 11.1 Å². The molecule has 0 aliphatic rings. The summed E-state index contributed by atoms with van der Waals surface area (Å²) in [5, 5.41) is 0. The molecule has 0 aliphatic carbocycles. The third kappa shape index (κ3) is 3.48. The van der Waals surface area contributed by atoms with Crippen molar-refractivity contribution in [3.63, 3.8) is 0 Å². The summed E-state index contributed by atoms with van der Waals surface area (Å²) in [7, 11) is 0. The summed E-state index contributed by atoms with van der Waals surface area (Å²) < 4.78 is 0. The molecule has 0 amide bonds. The first-order valence-corrected chi connectivity index (χ1v) is 7.04. The maximum Gasteiger partial charge on any atom is -0.00664 e. The Kier molecular flexibility index (Phi) is 4.57. The molecule has 0 atom stereocenters. The molecule has 0 aromatic heterocycles. The molecule has 2 aromatic rings. The molecule has 0 nitrogen and oxygen atoms in total. The molecular formula is C20H22. The second kappa shape index (κ2) is 6.38. The van der Waals surface area contributed by atoms with Crippen molar-refractivity contribution in [3.05, 3.63) is 77.4 Å². The molecule has 0 radical (unpaired) electrons. The second-order valence-electron chi connectivity index (χ2n) is 5.60. The Labute approximate surface area is 122 Å². The third-order valence-corrected chi connectivity index (χ3v) is 3.20. The van der Waals surface area contributed by atoms with Gasteiger partial charge < -0.3 is 0 Å². The van der Waals surface area contributed by atoms with Gasteiger partial charge >= 0.3 is 0 Å². The fraction of sp³-hybridized carbons (Fsp3) is 0.200. The van der Waals surface area contributed by atoms with Gasteiger partial charge in [-0.3, -0.25) is 0 Å². The van der Waals surface area contributed by atoms with Crippen molar-refractivity contribution in [2.24, 2.45) is 0 Å². The Bertz CT molecular complexity index is 641. The molecule has 0 fully saturated rings. The van der Waals surface area contributed by atoms with E-state index in [1.165, 1.54) is 33.4 Å². The zero-order valence-corrected chi connectivity index (χ0v) is 12.6. The second-order valence-corrected chi connectivity index (χ2v) is 5.60. The van der Waals surface area contributed by atoms with Crippen LogP contribution in [0.4, 0.5) is 0 Å². The maximum absolute atomic E-state index is 4.04. The Morgan fingerprint density at radius 3 is 2.15 bits per heavy atom. The third-order valence-electron chi connectivity index (χ3n) is 3.20. The predicted molar refractivity (Wildman–Crippen MR) is 89.7 cm³/mol. The van der Waals surface area contributed by atoms with Gasteiger partial charge in [-0.05, 0) is 49.4 Å². The highest BCUT2D eigenvalue weighted by molar-refractivity contribution is 5.78. The minimum absolute atomic E-state index is 0.930. The van der Waals surface area contributed by atoms with Crippen LogP contribution in [0.3, 0.4) is 0 Å². The topological polar surface area (TPSA) is 0 Å². The largest absolute Gasteiger partial charge is 0.0998 e. The van der Waals surface area contributed by atoms with Gasteiger partial charge in [-0.1, -0.05) is 72.3 Å². The van der Waals surface area contributed by atoms with Crippen LogP contribution in [0.1, 0.15) is 31.9 Å². The van der Waals surface area contributed by atoms with Crippen LogP contribution in [-0.2, 0) is 6.42 Å². The lowest BCUT2D eigenvalue weighted by Gasteiger charge is -2.12. The molecule has 0 saturated carbocycles. The molecule has 0 bridgehead atoms. The molecule has 0 heteroatoms. The first-order chi connectivity index (χ1) is 9.58. The summed E-state index contributed by atoms with van der Waals surface area (Å²) >= 11 is 0. The molecule has 2 rings (SSSR count). The molecule has 2 aromatic carbocycles. The average molecular weight is 262 g/mol. The van der Waals surface area contributed by atoms with E-state index in [0.29, 0.717) is 0 Å². The summed E-state index contributed by atoms with van der Waals surface area (Å²) in [5.41, 5.74) is 7.73. The highest BCUT2D eigenvalue weighted by Crippen LogP contribution is 2.29. The van der Waals surface area contributed by atoms with E-state index >= 15 is 0 Å². The molecule has 0 saturated heterocycles. The van der Waals surface area contributed by atoms with E-state index in [1.54, 1.807) is 0 Å². The van der Waals surface area contributed by atoms with Crippen LogP contribution in [0.5, 0.6) is 0 Å². The van der Waals surface area contributed by atoms with Gasteiger partial charge in [0.05, 0.1) is 0 Å². The van der Waals surface area contributed by atoms with E-state index in [2.05, 4.69) is 82.0 Å². The number of hydrogen-bond acceptors (Lipinski definition) is 0. The Morgan fingerprint density at radius 2 is 1.50 bits per heavy atom. The van der Waals surface area contributed by atoms with Crippen molar-refractivity contribution in [1.29, 1.82) is 0 Å². The van der Waals surface area contributed by atoms with E-state index in [9.17, 15) is 0 Å². The highest BCUT2D eigenvalue weighted by Gasteiger charge is 2.07. The van der Waals surface area contributed by atoms with E-state index in [0.717, 1.165) is 6.42 Å². The predicted octanol–water partition coefficient (Wildman–Crippen LogP) is 5.90. The summed E-state index contributed by atoms with van der Waals surface area (Å²) in [4.78, 5) is 0. The van der Waals surface area contributed by atoms with Crippen molar-refractivity contribution in [2.75, 3.05) is 0 Å². The van der Waals surface area contributed by atoms with Crippen LogP contribution in [0.25, 0.3) is 17.2 Å². The molecule has 0 N–H and O–H groups in total. The van der Waals surface area contributed by atoms with E-state index in [-0.39, 0.29) is 0 Å². The van der Waals surface area contributed by atoms with Gasteiger partial charge in [0.1, 0.15) is 0 Å². The smallest absolute Gasteiger partial charge is 0.00664 e. The molecular weight excluding hydrogens is 240 g/mol. The SMILES string of the molecule is C=C(C)Cc1ccccc1-c1ccccc1C=C(C)C. The summed E-state index contributed by atoms with van der Waals surface area (Å²) in [6, 6.07) is 17.2. The van der Waals surface area contributed by atoms with Crippen LogP contribution in [0.2, 0.25) is 0 Å². The normalized spacial score (nSPS) is 10.2. The fourth-order valence-electron chi connectivity index (χ4n) is 2.44. The zero-order valence-electron chi connectivity index (χ0n) is 12.6.